The zero-order valence-corrected chi connectivity index (χ0v) is 22.6. The van der Waals surface area contributed by atoms with Gasteiger partial charge in [-0.05, 0) is 44.5 Å². The summed E-state index contributed by atoms with van der Waals surface area (Å²) in [6.07, 6.45) is 1.73. The molecular weight excluding hydrogens is 513 g/mol. The lowest BCUT2D eigenvalue weighted by Gasteiger charge is -2.32. The number of nitrogens with one attached hydrogen (secondary N) is 1. The number of hydrogen-bond donors (Lipinski definition) is 1. The van der Waals surface area contributed by atoms with Gasteiger partial charge in [0.2, 0.25) is 21.8 Å². The van der Waals surface area contributed by atoms with Crippen molar-refractivity contribution in [3.63, 3.8) is 0 Å². The average Bonchev–Trinajstić information content (AvgIpc) is 2.80. The van der Waals surface area contributed by atoms with Gasteiger partial charge in [-0.3, -0.25) is 13.9 Å². The first-order valence-electron chi connectivity index (χ1n) is 11.2. The Hall–Kier alpha value is -2.49. The van der Waals surface area contributed by atoms with Gasteiger partial charge in [-0.2, -0.15) is 0 Å². The van der Waals surface area contributed by atoms with Crippen LogP contribution in [-0.2, 0) is 26.2 Å². The fourth-order valence-electron chi connectivity index (χ4n) is 3.37. The molecule has 0 saturated carbocycles. The number of hydrogen-bond acceptors (Lipinski definition) is 5. The molecule has 2 rings (SSSR count). The van der Waals surface area contributed by atoms with Gasteiger partial charge in [-0.25, -0.2) is 8.42 Å². The van der Waals surface area contributed by atoms with Crippen molar-refractivity contribution in [2.24, 2.45) is 0 Å². The van der Waals surface area contributed by atoms with Gasteiger partial charge in [0.1, 0.15) is 18.3 Å². The molecule has 0 fully saturated rings. The van der Waals surface area contributed by atoms with E-state index < -0.39 is 28.5 Å². The van der Waals surface area contributed by atoms with Gasteiger partial charge in [-0.1, -0.05) is 48.3 Å². The molecule has 0 heterocycles. The molecule has 0 saturated heterocycles. The lowest BCUT2D eigenvalue weighted by atomic mass is 10.1. The quantitative estimate of drug-likeness (QED) is 0.434. The van der Waals surface area contributed by atoms with Crippen molar-refractivity contribution in [2.75, 3.05) is 30.3 Å². The second kappa shape index (κ2) is 13.0. The van der Waals surface area contributed by atoms with Crippen LogP contribution in [0, 0.1) is 0 Å². The summed E-state index contributed by atoms with van der Waals surface area (Å²) >= 11 is 12.7. The molecule has 1 atom stereocenters. The number of carbonyl (C=O) groups excluding carboxylic acids is 2. The molecule has 8 nitrogen and oxygen atoms in total. The van der Waals surface area contributed by atoms with Crippen LogP contribution < -0.4 is 14.4 Å². The Balaban J connectivity index is 2.48. The number of amides is 2. The lowest BCUT2D eigenvalue weighted by molar-refractivity contribution is -0.139. The summed E-state index contributed by atoms with van der Waals surface area (Å²) < 4.78 is 32.0. The zero-order valence-electron chi connectivity index (χ0n) is 20.3. The highest BCUT2D eigenvalue weighted by molar-refractivity contribution is 7.92. The smallest absolute Gasteiger partial charge is 0.244 e. The van der Waals surface area contributed by atoms with Crippen molar-refractivity contribution in [3.05, 3.63) is 58.1 Å². The van der Waals surface area contributed by atoms with Gasteiger partial charge < -0.3 is 15.0 Å². The normalized spacial score (nSPS) is 12.1. The van der Waals surface area contributed by atoms with Gasteiger partial charge in [0.15, 0.2) is 0 Å². The van der Waals surface area contributed by atoms with Crippen molar-refractivity contribution >= 4 is 50.7 Å². The molecule has 0 bridgehead atoms. The van der Waals surface area contributed by atoms with E-state index in [9.17, 15) is 18.0 Å². The van der Waals surface area contributed by atoms with E-state index in [1.165, 1.54) is 4.90 Å². The van der Waals surface area contributed by atoms with E-state index in [1.807, 2.05) is 6.92 Å². The summed E-state index contributed by atoms with van der Waals surface area (Å²) in [7, 11) is -3.88. The van der Waals surface area contributed by atoms with E-state index >= 15 is 0 Å². The molecule has 0 aromatic heterocycles. The summed E-state index contributed by atoms with van der Waals surface area (Å²) in [4.78, 5) is 27.7. The molecule has 2 aromatic rings. The first-order valence-corrected chi connectivity index (χ1v) is 13.8. The van der Waals surface area contributed by atoms with Crippen LogP contribution in [0.4, 0.5) is 5.69 Å². The lowest BCUT2D eigenvalue weighted by Crippen LogP contribution is -2.51. The Kier molecular flexibility index (Phi) is 10.7. The number of nitrogens with zero attached hydrogens (tertiary/aromatic N) is 2. The number of sulfonamides is 1. The standard InChI is InChI=1S/C24H31Cl2N3O5S/c1-5-14-27-24(31)17(3)28(15-18-19(25)10-9-11-20(18)26)23(30)16-29(35(4,32)33)21-12-7-8-13-22(21)34-6-2/h7-13,17H,5-6,14-16H2,1-4H3,(H,27,31). The molecule has 35 heavy (non-hydrogen) atoms. The number of halogens is 2. The SMILES string of the molecule is CCCNC(=O)C(C)N(Cc1c(Cl)cccc1Cl)C(=O)CN(c1ccccc1OCC)S(C)(=O)=O. The third-order valence-electron chi connectivity index (χ3n) is 5.22. The number of ether oxygens (including phenoxy) is 1. The predicted molar refractivity (Wildman–Crippen MR) is 140 cm³/mol. The molecule has 0 spiro atoms. The van der Waals surface area contributed by atoms with Crippen molar-refractivity contribution in [3.8, 4) is 5.75 Å². The predicted octanol–water partition coefficient (Wildman–Crippen LogP) is 4.10. The summed E-state index contributed by atoms with van der Waals surface area (Å²) in [6, 6.07) is 10.6. The molecule has 2 amide bonds. The van der Waals surface area contributed by atoms with E-state index in [1.54, 1.807) is 56.3 Å². The maximum Gasteiger partial charge on any atom is 0.244 e. The van der Waals surface area contributed by atoms with Crippen LogP contribution in [0.2, 0.25) is 10.0 Å². The highest BCUT2D eigenvalue weighted by atomic mass is 35.5. The summed E-state index contributed by atoms with van der Waals surface area (Å²) in [6.45, 7) is 5.39. The highest BCUT2D eigenvalue weighted by Gasteiger charge is 2.31. The van der Waals surface area contributed by atoms with Crippen molar-refractivity contribution in [2.45, 2.75) is 39.8 Å². The Morgan fingerprint density at radius 3 is 2.26 bits per heavy atom. The van der Waals surface area contributed by atoms with Crippen molar-refractivity contribution in [1.29, 1.82) is 0 Å². The second-order valence-corrected chi connectivity index (χ2v) is 10.6. The zero-order chi connectivity index (χ0) is 26.2. The van der Waals surface area contributed by atoms with Crippen LogP contribution in [0.15, 0.2) is 42.5 Å². The van der Waals surface area contributed by atoms with Gasteiger partial charge >= 0.3 is 0 Å². The Labute approximate surface area is 217 Å². The fraction of sp³-hybridized carbons (Fsp3) is 0.417. The molecule has 192 valence electrons. The van der Waals surface area contributed by atoms with Crippen molar-refractivity contribution < 1.29 is 22.7 Å². The Morgan fingerprint density at radius 2 is 1.69 bits per heavy atom. The fourth-order valence-corrected chi connectivity index (χ4v) is 4.74. The molecular formula is C24H31Cl2N3O5S. The summed E-state index contributed by atoms with van der Waals surface area (Å²) in [5, 5.41) is 3.44. The summed E-state index contributed by atoms with van der Waals surface area (Å²) in [5.41, 5.74) is 0.684. The van der Waals surface area contributed by atoms with Gasteiger partial charge in [0.25, 0.3) is 0 Å². The van der Waals surface area contributed by atoms with E-state index in [4.69, 9.17) is 27.9 Å². The van der Waals surface area contributed by atoms with E-state index in [0.717, 1.165) is 17.0 Å². The minimum absolute atomic E-state index is 0.0806. The third kappa shape index (κ3) is 7.75. The van der Waals surface area contributed by atoms with E-state index in [2.05, 4.69) is 5.32 Å². The maximum absolute atomic E-state index is 13.6. The van der Waals surface area contributed by atoms with E-state index in [0.29, 0.717) is 34.5 Å². The first kappa shape index (κ1) is 28.7. The molecule has 2 aromatic carbocycles. The molecule has 11 heteroatoms. The van der Waals surface area contributed by atoms with Crippen LogP contribution in [-0.4, -0.2) is 57.1 Å². The number of benzene rings is 2. The summed E-state index contributed by atoms with van der Waals surface area (Å²) in [5.74, 6) is -0.650. The number of rotatable bonds is 12. The number of para-hydroxylation sites is 2. The van der Waals surface area contributed by atoms with Gasteiger partial charge in [0, 0.05) is 28.7 Å². The number of anilines is 1. The highest BCUT2D eigenvalue weighted by Crippen LogP contribution is 2.31. The van der Waals surface area contributed by atoms with Crippen LogP contribution in [0.3, 0.4) is 0 Å². The largest absolute Gasteiger partial charge is 0.492 e. The number of carbonyl (C=O) groups is 2. The van der Waals surface area contributed by atoms with Gasteiger partial charge in [-0.15, -0.1) is 0 Å². The maximum atomic E-state index is 13.6. The molecule has 0 radical (unpaired) electrons. The Morgan fingerprint density at radius 1 is 1.06 bits per heavy atom. The molecule has 0 aliphatic rings. The van der Waals surface area contributed by atoms with Crippen LogP contribution >= 0.6 is 23.2 Å². The van der Waals surface area contributed by atoms with E-state index in [-0.39, 0.29) is 18.1 Å². The molecule has 0 aliphatic heterocycles. The first-order chi connectivity index (χ1) is 16.5. The van der Waals surface area contributed by atoms with Crippen LogP contribution in [0.1, 0.15) is 32.8 Å². The Bertz CT molecular complexity index is 1120. The minimum atomic E-state index is -3.88. The van der Waals surface area contributed by atoms with Gasteiger partial charge in [0.05, 0.1) is 18.6 Å². The third-order valence-corrected chi connectivity index (χ3v) is 7.05. The average molecular weight is 545 g/mol. The second-order valence-electron chi connectivity index (χ2n) is 7.86. The van der Waals surface area contributed by atoms with Crippen LogP contribution in [0.5, 0.6) is 5.75 Å². The van der Waals surface area contributed by atoms with Crippen LogP contribution in [0.25, 0.3) is 0 Å². The topological polar surface area (TPSA) is 96.0 Å². The minimum Gasteiger partial charge on any atom is -0.492 e. The molecule has 1 N–H and O–H groups in total. The molecule has 1 unspecified atom stereocenters. The van der Waals surface area contributed by atoms with Crippen molar-refractivity contribution in [1.82, 2.24) is 10.2 Å². The molecule has 0 aliphatic carbocycles. The monoisotopic (exact) mass is 543 g/mol.